The van der Waals surface area contributed by atoms with Gasteiger partial charge in [0.2, 0.25) is 11.8 Å². The minimum absolute atomic E-state index is 0.0730. The lowest BCUT2D eigenvalue weighted by Crippen LogP contribution is -2.54. The van der Waals surface area contributed by atoms with Crippen molar-refractivity contribution in [3.8, 4) is 0 Å². The first-order chi connectivity index (χ1) is 12.9. The molecule has 27 heavy (non-hydrogen) atoms. The van der Waals surface area contributed by atoms with Crippen LogP contribution in [0.25, 0.3) is 0 Å². The molecule has 5 atom stereocenters. The van der Waals surface area contributed by atoms with Crippen LogP contribution in [0.3, 0.4) is 0 Å². The van der Waals surface area contributed by atoms with Crippen LogP contribution >= 0.6 is 11.6 Å². The van der Waals surface area contributed by atoms with Crippen molar-refractivity contribution in [1.29, 1.82) is 0 Å². The molecular weight excluding hydrogens is 366 g/mol. The predicted octanol–water partition coefficient (Wildman–Crippen LogP) is 2.37. The van der Waals surface area contributed by atoms with E-state index in [0.717, 1.165) is 18.4 Å². The standard InChI is InChI=1S/C20H22ClN3O3/c1-3-10(2)24-17(25)14-13-8-5-9-23(13)20(15(14)18(24)26)11-6-4-7-12(21)16(11)22-19(20)27/h4,6-7,10,13-15H,3,5,8-9H2,1-2H3,(H,22,27). The summed E-state index contributed by atoms with van der Waals surface area (Å²) in [6.07, 6.45) is 2.45. The molecule has 1 N–H and O–H groups in total. The van der Waals surface area contributed by atoms with Crippen molar-refractivity contribution < 1.29 is 14.4 Å². The van der Waals surface area contributed by atoms with E-state index in [1.54, 1.807) is 6.07 Å². The summed E-state index contributed by atoms with van der Waals surface area (Å²) in [5.41, 5.74) is 0.199. The van der Waals surface area contributed by atoms with Crippen LogP contribution in [0.5, 0.6) is 0 Å². The highest BCUT2D eigenvalue weighted by Crippen LogP contribution is 2.61. The largest absolute Gasteiger partial charge is 0.323 e. The molecule has 0 aromatic heterocycles. The Bertz CT molecular complexity index is 887. The Kier molecular flexibility index (Phi) is 3.53. The predicted molar refractivity (Wildman–Crippen MR) is 100 cm³/mol. The molecule has 3 fully saturated rings. The Labute approximate surface area is 162 Å². The summed E-state index contributed by atoms with van der Waals surface area (Å²) >= 11 is 6.35. The summed E-state index contributed by atoms with van der Waals surface area (Å²) in [5, 5.41) is 3.39. The van der Waals surface area contributed by atoms with Gasteiger partial charge in [-0.3, -0.25) is 24.2 Å². The maximum atomic E-state index is 13.5. The highest BCUT2D eigenvalue weighted by atomic mass is 35.5. The van der Waals surface area contributed by atoms with Gasteiger partial charge in [0.05, 0.1) is 22.5 Å². The van der Waals surface area contributed by atoms with Crippen molar-refractivity contribution in [3.63, 3.8) is 0 Å². The highest BCUT2D eigenvalue weighted by Gasteiger charge is 2.74. The number of halogens is 1. The third-order valence-corrected chi connectivity index (χ3v) is 7.36. The van der Waals surface area contributed by atoms with Gasteiger partial charge >= 0.3 is 0 Å². The van der Waals surface area contributed by atoms with E-state index >= 15 is 0 Å². The van der Waals surface area contributed by atoms with E-state index in [1.807, 2.05) is 26.0 Å². The van der Waals surface area contributed by atoms with Gasteiger partial charge in [0.15, 0.2) is 0 Å². The number of fused-ring (bicyclic) bond motifs is 7. The van der Waals surface area contributed by atoms with E-state index in [1.165, 1.54) is 4.90 Å². The molecule has 1 aromatic rings. The van der Waals surface area contributed by atoms with Gasteiger partial charge in [0.1, 0.15) is 5.54 Å². The van der Waals surface area contributed by atoms with Gasteiger partial charge in [0.25, 0.3) is 5.91 Å². The molecule has 5 unspecified atom stereocenters. The van der Waals surface area contributed by atoms with Crippen LogP contribution in [0.1, 0.15) is 38.7 Å². The zero-order valence-electron chi connectivity index (χ0n) is 15.4. The first-order valence-electron chi connectivity index (χ1n) is 9.68. The normalized spacial score (nSPS) is 35.6. The van der Waals surface area contributed by atoms with Crippen molar-refractivity contribution in [2.24, 2.45) is 11.8 Å². The van der Waals surface area contributed by atoms with E-state index in [4.69, 9.17) is 11.6 Å². The van der Waals surface area contributed by atoms with E-state index in [-0.39, 0.29) is 29.8 Å². The van der Waals surface area contributed by atoms with Gasteiger partial charge in [0, 0.05) is 17.6 Å². The number of rotatable bonds is 2. The van der Waals surface area contributed by atoms with E-state index in [9.17, 15) is 14.4 Å². The Morgan fingerprint density at radius 3 is 2.81 bits per heavy atom. The number of hydrogen-bond acceptors (Lipinski definition) is 4. The van der Waals surface area contributed by atoms with Crippen molar-refractivity contribution >= 4 is 35.0 Å². The van der Waals surface area contributed by atoms with Gasteiger partial charge in [-0.2, -0.15) is 0 Å². The smallest absolute Gasteiger partial charge is 0.250 e. The number of amides is 3. The van der Waals surface area contributed by atoms with Crippen LogP contribution in [-0.4, -0.2) is 46.1 Å². The van der Waals surface area contributed by atoms with Gasteiger partial charge in [-0.1, -0.05) is 30.7 Å². The Hall–Kier alpha value is -1.92. The van der Waals surface area contributed by atoms with Gasteiger partial charge in [-0.05, 0) is 38.8 Å². The second kappa shape index (κ2) is 5.55. The molecule has 3 amide bonds. The SMILES string of the molecule is CCC(C)N1C(=O)C2C3CCCN3C3(C(=O)Nc4c(Cl)cccc43)C2C1=O. The molecule has 0 radical (unpaired) electrons. The van der Waals surface area contributed by atoms with Crippen molar-refractivity contribution in [1.82, 2.24) is 9.80 Å². The minimum atomic E-state index is -1.12. The lowest BCUT2D eigenvalue weighted by Gasteiger charge is -2.37. The average molecular weight is 388 g/mol. The average Bonchev–Trinajstić information content (AvgIpc) is 3.34. The molecule has 4 aliphatic rings. The fourth-order valence-corrected chi connectivity index (χ4v) is 6.06. The third kappa shape index (κ3) is 1.83. The van der Waals surface area contributed by atoms with Crippen LogP contribution in [0.2, 0.25) is 5.02 Å². The molecule has 6 nitrogen and oxygen atoms in total. The molecule has 3 saturated heterocycles. The van der Waals surface area contributed by atoms with Crippen LogP contribution in [0, 0.1) is 11.8 Å². The Morgan fingerprint density at radius 2 is 2.07 bits per heavy atom. The molecule has 1 aromatic carbocycles. The Morgan fingerprint density at radius 1 is 1.30 bits per heavy atom. The zero-order valence-corrected chi connectivity index (χ0v) is 16.1. The lowest BCUT2D eigenvalue weighted by molar-refractivity contribution is -0.147. The molecule has 4 heterocycles. The number of carbonyl (C=O) groups is 3. The second-order valence-electron chi connectivity index (χ2n) is 8.09. The van der Waals surface area contributed by atoms with E-state index < -0.39 is 17.4 Å². The molecule has 0 bridgehead atoms. The molecule has 142 valence electrons. The first kappa shape index (κ1) is 17.2. The second-order valence-corrected chi connectivity index (χ2v) is 8.50. The number of likely N-dealkylation sites (tertiary alicyclic amines) is 1. The fourth-order valence-electron chi connectivity index (χ4n) is 5.83. The summed E-state index contributed by atoms with van der Waals surface area (Å²) in [6.45, 7) is 4.57. The summed E-state index contributed by atoms with van der Waals surface area (Å²) in [5.74, 6) is -1.68. The van der Waals surface area contributed by atoms with Crippen LogP contribution in [-0.2, 0) is 19.9 Å². The number of nitrogens with one attached hydrogen (secondary N) is 1. The third-order valence-electron chi connectivity index (χ3n) is 7.04. The van der Waals surface area contributed by atoms with E-state index in [2.05, 4.69) is 10.2 Å². The minimum Gasteiger partial charge on any atom is -0.323 e. The molecule has 1 spiro atoms. The Balaban J connectivity index is 1.74. The first-order valence-corrected chi connectivity index (χ1v) is 10.1. The number of para-hydroxylation sites is 1. The monoisotopic (exact) mass is 387 g/mol. The van der Waals surface area contributed by atoms with Crippen molar-refractivity contribution in [2.45, 2.75) is 50.7 Å². The van der Waals surface area contributed by atoms with Gasteiger partial charge in [-0.25, -0.2) is 0 Å². The summed E-state index contributed by atoms with van der Waals surface area (Å²) < 4.78 is 0. The molecule has 0 aliphatic carbocycles. The quantitative estimate of drug-likeness (QED) is 0.791. The van der Waals surface area contributed by atoms with Crippen LogP contribution in [0.15, 0.2) is 18.2 Å². The molecule has 7 heteroatoms. The number of imide groups is 1. The number of benzene rings is 1. The lowest BCUT2D eigenvalue weighted by atomic mass is 9.75. The van der Waals surface area contributed by atoms with Crippen LogP contribution < -0.4 is 5.32 Å². The highest BCUT2D eigenvalue weighted by molar-refractivity contribution is 6.35. The van der Waals surface area contributed by atoms with Gasteiger partial charge in [-0.15, -0.1) is 0 Å². The molecule has 5 rings (SSSR count). The maximum Gasteiger partial charge on any atom is 0.250 e. The maximum absolute atomic E-state index is 13.5. The van der Waals surface area contributed by atoms with Crippen molar-refractivity contribution in [3.05, 3.63) is 28.8 Å². The zero-order chi connectivity index (χ0) is 19.1. The van der Waals surface area contributed by atoms with E-state index in [0.29, 0.717) is 23.7 Å². The summed E-state index contributed by atoms with van der Waals surface area (Å²) in [4.78, 5) is 43.7. The summed E-state index contributed by atoms with van der Waals surface area (Å²) in [7, 11) is 0. The van der Waals surface area contributed by atoms with Crippen LogP contribution in [0.4, 0.5) is 5.69 Å². The number of carbonyl (C=O) groups excluding carboxylic acids is 3. The number of hydrogen-bond donors (Lipinski definition) is 1. The van der Waals surface area contributed by atoms with Crippen molar-refractivity contribution in [2.75, 3.05) is 11.9 Å². The molecular formula is C20H22ClN3O3. The van der Waals surface area contributed by atoms with Gasteiger partial charge < -0.3 is 5.32 Å². The molecule has 0 saturated carbocycles. The number of nitrogens with zero attached hydrogens (tertiary/aromatic N) is 2. The number of anilines is 1. The fraction of sp³-hybridized carbons (Fsp3) is 0.550. The molecule has 4 aliphatic heterocycles. The topological polar surface area (TPSA) is 69.7 Å². The summed E-state index contributed by atoms with van der Waals surface area (Å²) in [6, 6.07) is 5.19.